The highest BCUT2D eigenvalue weighted by atomic mass is 15.1. The van der Waals surface area contributed by atoms with Gasteiger partial charge in [0, 0.05) is 45.1 Å². The monoisotopic (exact) mass is 250 g/mol. The Morgan fingerprint density at radius 2 is 1.78 bits per heavy atom. The van der Waals surface area contributed by atoms with Crippen LogP contribution in [0.2, 0.25) is 0 Å². The smallest absolute Gasteiger partial charge is 0.0271 e. The molecule has 0 unspecified atom stereocenters. The zero-order chi connectivity index (χ0) is 13.2. The van der Waals surface area contributed by atoms with E-state index in [-0.39, 0.29) is 0 Å². The molecule has 102 valence electrons. The van der Waals surface area contributed by atoms with E-state index in [0.717, 1.165) is 39.3 Å². The van der Waals surface area contributed by atoms with Gasteiger partial charge >= 0.3 is 0 Å². The summed E-state index contributed by atoms with van der Waals surface area (Å²) in [6.45, 7) is 8.59. The molecule has 0 aliphatic rings. The molecule has 0 spiro atoms. The Balaban J connectivity index is 2.18. The number of hydrogen-bond donors (Lipinski definition) is 1. The molecule has 1 rings (SSSR count). The van der Waals surface area contributed by atoms with Gasteiger partial charge in [-0.05, 0) is 38.3 Å². The van der Waals surface area contributed by atoms with E-state index < -0.39 is 0 Å². The summed E-state index contributed by atoms with van der Waals surface area (Å²) in [5.41, 5.74) is 1.33. The summed E-state index contributed by atoms with van der Waals surface area (Å²) in [5, 5.41) is 3.47. The SMILES string of the molecule is CCN(CCNCCN(C)C)Cc1ccncc1. The largest absolute Gasteiger partial charge is 0.314 e. The van der Waals surface area contributed by atoms with Crippen molar-refractivity contribution in [2.75, 3.05) is 46.8 Å². The van der Waals surface area contributed by atoms with E-state index in [4.69, 9.17) is 0 Å². The van der Waals surface area contributed by atoms with Crippen LogP contribution in [0, 0.1) is 0 Å². The van der Waals surface area contributed by atoms with Crippen LogP contribution in [0.5, 0.6) is 0 Å². The average molecular weight is 250 g/mol. The number of likely N-dealkylation sites (N-methyl/N-ethyl adjacent to an activating group) is 2. The lowest BCUT2D eigenvalue weighted by atomic mass is 10.2. The molecule has 0 radical (unpaired) electrons. The molecular formula is C14H26N4. The van der Waals surface area contributed by atoms with Crippen molar-refractivity contribution in [1.82, 2.24) is 20.1 Å². The second kappa shape index (κ2) is 9.03. The number of rotatable bonds is 9. The summed E-state index contributed by atoms with van der Waals surface area (Å²) in [6, 6.07) is 4.17. The zero-order valence-corrected chi connectivity index (χ0v) is 11.9. The van der Waals surface area contributed by atoms with Crippen molar-refractivity contribution >= 4 is 0 Å². The Labute approximate surface area is 111 Å². The summed E-state index contributed by atoms with van der Waals surface area (Å²) >= 11 is 0. The van der Waals surface area contributed by atoms with Crippen molar-refractivity contribution in [3.8, 4) is 0 Å². The van der Waals surface area contributed by atoms with Crippen LogP contribution in [0.4, 0.5) is 0 Å². The van der Waals surface area contributed by atoms with Crippen LogP contribution < -0.4 is 5.32 Å². The first-order chi connectivity index (χ1) is 8.72. The topological polar surface area (TPSA) is 31.4 Å². The lowest BCUT2D eigenvalue weighted by Crippen LogP contribution is -2.34. The second-order valence-corrected chi connectivity index (χ2v) is 4.78. The first kappa shape index (κ1) is 15.1. The highest BCUT2D eigenvalue weighted by Crippen LogP contribution is 2.01. The summed E-state index contributed by atoms with van der Waals surface area (Å²) < 4.78 is 0. The van der Waals surface area contributed by atoms with Crippen molar-refractivity contribution in [2.45, 2.75) is 13.5 Å². The Bertz CT molecular complexity index is 300. The molecule has 0 atom stereocenters. The summed E-state index contributed by atoms with van der Waals surface area (Å²) in [5.74, 6) is 0. The van der Waals surface area contributed by atoms with Gasteiger partial charge in [-0.25, -0.2) is 0 Å². The molecule has 0 amide bonds. The molecule has 0 fully saturated rings. The van der Waals surface area contributed by atoms with E-state index >= 15 is 0 Å². The molecule has 1 aromatic rings. The first-order valence-electron chi connectivity index (χ1n) is 6.69. The quantitative estimate of drug-likeness (QED) is 0.664. The van der Waals surface area contributed by atoms with Crippen molar-refractivity contribution in [3.05, 3.63) is 30.1 Å². The van der Waals surface area contributed by atoms with Crippen molar-refractivity contribution in [3.63, 3.8) is 0 Å². The van der Waals surface area contributed by atoms with E-state index in [1.807, 2.05) is 12.4 Å². The third-order valence-electron chi connectivity index (χ3n) is 2.94. The standard InChI is InChI=1S/C14H26N4/c1-4-18(12-10-16-9-11-17(2)3)13-14-5-7-15-8-6-14/h5-8,16H,4,9-13H2,1-3H3. The van der Waals surface area contributed by atoms with Gasteiger partial charge in [-0.3, -0.25) is 9.88 Å². The van der Waals surface area contributed by atoms with Crippen LogP contribution in [-0.2, 0) is 6.54 Å². The average Bonchev–Trinajstić information content (AvgIpc) is 2.38. The Hall–Kier alpha value is -0.970. The lowest BCUT2D eigenvalue weighted by molar-refractivity contribution is 0.277. The van der Waals surface area contributed by atoms with Crippen LogP contribution in [0.1, 0.15) is 12.5 Å². The molecule has 1 N–H and O–H groups in total. The van der Waals surface area contributed by atoms with E-state index in [1.165, 1.54) is 5.56 Å². The molecule has 0 aromatic carbocycles. The predicted molar refractivity (Wildman–Crippen MR) is 76.6 cm³/mol. The van der Waals surface area contributed by atoms with Crippen LogP contribution in [0.25, 0.3) is 0 Å². The third-order valence-corrected chi connectivity index (χ3v) is 2.94. The van der Waals surface area contributed by atoms with Gasteiger partial charge < -0.3 is 10.2 Å². The third kappa shape index (κ3) is 6.69. The van der Waals surface area contributed by atoms with Crippen molar-refractivity contribution in [1.29, 1.82) is 0 Å². The van der Waals surface area contributed by atoms with E-state index in [9.17, 15) is 0 Å². The van der Waals surface area contributed by atoms with Crippen LogP contribution >= 0.6 is 0 Å². The molecule has 0 saturated heterocycles. The summed E-state index contributed by atoms with van der Waals surface area (Å²) in [7, 11) is 4.20. The Kier molecular flexibility index (Phi) is 7.57. The molecule has 1 heterocycles. The molecule has 0 aliphatic carbocycles. The van der Waals surface area contributed by atoms with Crippen molar-refractivity contribution in [2.24, 2.45) is 0 Å². The fourth-order valence-corrected chi connectivity index (χ4v) is 1.76. The lowest BCUT2D eigenvalue weighted by Gasteiger charge is -2.21. The molecule has 0 aliphatic heterocycles. The van der Waals surface area contributed by atoms with E-state index in [0.29, 0.717) is 0 Å². The zero-order valence-electron chi connectivity index (χ0n) is 11.9. The van der Waals surface area contributed by atoms with Gasteiger partial charge in [0.25, 0.3) is 0 Å². The minimum atomic E-state index is 1.01. The number of hydrogen-bond acceptors (Lipinski definition) is 4. The Morgan fingerprint density at radius 3 is 2.39 bits per heavy atom. The van der Waals surface area contributed by atoms with Gasteiger partial charge in [0.2, 0.25) is 0 Å². The number of pyridine rings is 1. The summed E-state index contributed by atoms with van der Waals surface area (Å²) in [6.07, 6.45) is 3.72. The molecule has 0 saturated carbocycles. The van der Waals surface area contributed by atoms with Gasteiger partial charge in [0.1, 0.15) is 0 Å². The highest BCUT2D eigenvalue weighted by Gasteiger charge is 2.02. The fraction of sp³-hybridized carbons (Fsp3) is 0.643. The maximum Gasteiger partial charge on any atom is 0.0271 e. The Morgan fingerprint density at radius 1 is 1.11 bits per heavy atom. The predicted octanol–water partition coefficient (Wildman–Crippen LogP) is 1.05. The molecule has 4 heteroatoms. The molecule has 0 bridgehead atoms. The fourth-order valence-electron chi connectivity index (χ4n) is 1.76. The maximum atomic E-state index is 4.05. The minimum absolute atomic E-state index is 1.01. The van der Waals surface area contributed by atoms with Gasteiger partial charge in [-0.1, -0.05) is 6.92 Å². The normalized spacial score (nSPS) is 11.4. The molecule has 18 heavy (non-hydrogen) atoms. The molecular weight excluding hydrogens is 224 g/mol. The molecule has 1 aromatic heterocycles. The highest BCUT2D eigenvalue weighted by molar-refractivity contribution is 5.09. The number of nitrogens with one attached hydrogen (secondary N) is 1. The van der Waals surface area contributed by atoms with Crippen LogP contribution in [0.3, 0.4) is 0 Å². The van der Waals surface area contributed by atoms with E-state index in [1.54, 1.807) is 0 Å². The second-order valence-electron chi connectivity index (χ2n) is 4.78. The van der Waals surface area contributed by atoms with Crippen LogP contribution in [-0.4, -0.2) is 61.6 Å². The minimum Gasteiger partial charge on any atom is -0.314 e. The van der Waals surface area contributed by atoms with Crippen molar-refractivity contribution < 1.29 is 0 Å². The van der Waals surface area contributed by atoms with Crippen LogP contribution in [0.15, 0.2) is 24.5 Å². The summed E-state index contributed by atoms with van der Waals surface area (Å²) in [4.78, 5) is 8.68. The van der Waals surface area contributed by atoms with Gasteiger partial charge in [-0.15, -0.1) is 0 Å². The van der Waals surface area contributed by atoms with Gasteiger partial charge in [0.15, 0.2) is 0 Å². The van der Waals surface area contributed by atoms with Gasteiger partial charge in [0.05, 0.1) is 0 Å². The van der Waals surface area contributed by atoms with E-state index in [2.05, 4.69) is 53.3 Å². The number of nitrogens with zero attached hydrogens (tertiary/aromatic N) is 3. The molecule has 4 nitrogen and oxygen atoms in total. The maximum absolute atomic E-state index is 4.05. The number of aromatic nitrogens is 1. The van der Waals surface area contributed by atoms with Gasteiger partial charge in [-0.2, -0.15) is 0 Å². The first-order valence-corrected chi connectivity index (χ1v) is 6.69.